The number of hydrogen-bond acceptors (Lipinski definition) is 4. The molecule has 6 heteroatoms. The summed E-state index contributed by atoms with van der Waals surface area (Å²) in [6.45, 7) is 0.193. The first-order valence-corrected chi connectivity index (χ1v) is 8.00. The highest BCUT2D eigenvalue weighted by molar-refractivity contribution is 6.35. The molecule has 0 radical (unpaired) electrons. The first-order valence-electron chi connectivity index (χ1n) is 8.00. The highest BCUT2D eigenvalue weighted by atomic mass is 16.5. The average molecular weight is 342 g/mol. The molecule has 6 nitrogen and oxygen atoms in total. The van der Waals surface area contributed by atoms with Crippen LogP contribution in [0.15, 0.2) is 54.6 Å². The number of benzene rings is 2. The molecule has 0 saturated carbocycles. The van der Waals surface area contributed by atoms with Gasteiger partial charge < -0.3 is 20.5 Å². The van der Waals surface area contributed by atoms with Gasteiger partial charge in [0.2, 0.25) is 0 Å². The van der Waals surface area contributed by atoms with E-state index < -0.39 is 17.9 Å². The van der Waals surface area contributed by atoms with Crippen LogP contribution in [0.4, 0.5) is 0 Å². The first-order chi connectivity index (χ1) is 12.1. The fraction of sp³-hybridized carbons (Fsp3) is 0.263. The van der Waals surface area contributed by atoms with E-state index in [1.54, 1.807) is 19.2 Å². The number of hydrogen-bond donors (Lipinski definition) is 3. The van der Waals surface area contributed by atoms with Crippen LogP contribution in [0.3, 0.4) is 0 Å². The standard InChI is InChI=1S/C19H22N2O4/c1-25-17-10-6-5-9-15(17)12-20-18(23)19(24)21-13-16(22)11-14-7-3-2-4-8-14/h2-10,16,22H,11-13H2,1H3,(H,20,23)(H,21,24)/t16-/m0/s1. The van der Waals surface area contributed by atoms with E-state index in [1.165, 1.54) is 0 Å². The van der Waals surface area contributed by atoms with Gasteiger partial charge in [0.1, 0.15) is 5.75 Å². The summed E-state index contributed by atoms with van der Waals surface area (Å²) in [7, 11) is 1.54. The molecular formula is C19H22N2O4. The van der Waals surface area contributed by atoms with Crippen LogP contribution in [-0.4, -0.2) is 36.7 Å². The minimum atomic E-state index is -0.776. The molecule has 0 aliphatic rings. The summed E-state index contributed by atoms with van der Waals surface area (Å²) < 4.78 is 5.19. The Bertz CT molecular complexity index is 704. The fourth-order valence-corrected chi connectivity index (χ4v) is 2.35. The van der Waals surface area contributed by atoms with E-state index >= 15 is 0 Å². The van der Waals surface area contributed by atoms with Gasteiger partial charge in [-0.25, -0.2) is 0 Å². The average Bonchev–Trinajstić information content (AvgIpc) is 2.65. The quantitative estimate of drug-likeness (QED) is 0.656. The molecule has 25 heavy (non-hydrogen) atoms. The number of rotatable bonds is 7. The van der Waals surface area contributed by atoms with Crippen molar-refractivity contribution in [3.63, 3.8) is 0 Å². The topological polar surface area (TPSA) is 87.7 Å². The zero-order valence-electron chi connectivity index (χ0n) is 14.1. The van der Waals surface area contributed by atoms with Gasteiger partial charge in [0.15, 0.2) is 0 Å². The zero-order chi connectivity index (χ0) is 18.1. The first kappa shape index (κ1) is 18.5. The Balaban J connectivity index is 1.75. The summed E-state index contributed by atoms with van der Waals surface area (Å²) in [6.07, 6.45) is -0.349. The number of carbonyl (C=O) groups excluding carboxylic acids is 2. The Morgan fingerprint density at radius 2 is 1.64 bits per heavy atom. The van der Waals surface area contributed by atoms with Crippen molar-refractivity contribution in [3.8, 4) is 5.75 Å². The summed E-state index contributed by atoms with van der Waals surface area (Å²) in [4.78, 5) is 23.7. The second-order valence-corrected chi connectivity index (χ2v) is 5.55. The molecule has 0 bridgehead atoms. The minimum absolute atomic E-state index is 0.00973. The summed E-state index contributed by atoms with van der Waals surface area (Å²) in [5.41, 5.74) is 1.74. The van der Waals surface area contributed by atoms with Crippen molar-refractivity contribution in [3.05, 3.63) is 65.7 Å². The largest absolute Gasteiger partial charge is 0.496 e. The lowest BCUT2D eigenvalue weighted by atomic mass is 10.1. The van der Waals surface area contributed by atoms with Crippen molar-refractivity contribution in [2.45, 2.75) is 19.1 Å². The third-order valence-electron chi connectivity index (χ3n) is 3.65. The summed E-state index contributed by atoms with van der Waals surface area (Å²) >= 11 is 0. The third kappa shape index (κ3) is 5.93. The van der Waals surface area contributed by atoms with E-state index in [2.05, 4.69) is 10.6 Å². The Kier molecular flexibility index (Phi) is 6.98. The van der Waals surface area contributed by atoms with E-state index in [4.69, 9.17) is 4.74 Å². The maximum Gasteiger partial charge on any atom is 0.309 e. The lowest BCUT2D eigenvalue weighted by Gasteiger charge is -2.12. The van der Waals surface area contributed by atoms with Gasteiger partial charge >= 0.3 is 11.8 Å². The molecule has 0 aromatic heterocycles. The molecule has 2 aromatic carbocycles. The van der Waals surface area contributed by atoms with E-state index in [1.807, 2.05) is 42.5 Å². The van der Waals surface area contributed by atoms with Crippen molar-refractivity contribution in [1.29, 1.82) is 0 Å². The Morgan fingerprint density at radius 1 is 1.00 bits per heavy atom. The monoisotopic (exact) mass is 342 g/mol. The molecule has 132 valence electrons. The maximum atomic E-state index is 11.8. The molecule has 1 atom stereocenters. The lowest BCUT2D eigenvalue weighted by Crippen LogP contribution is -2.42. The fourth-order valence-electron chi connectivity index (χ4n) is 2.35. The number of aliphatic hydroxyl groups is 1. The Labute approximate surface area is 146 Å². The summed E-state index contributed by atoms with van der Waals surface area (Å²) in [5, 5.41) is 14.9. The SMILES string of the molecule is COc1ccccc1CNC(=O)C(=O)NC[C@@H](O)Cc1ccccc1. The number of methoxy groups -OCH3 is 1. The van der Waals surface area contributed by atoms with Gasteiger partial charge in [-0.15, -0.1) is 0 Å². The second kappa shape index (κ2) is 9.44. The highest BCUT2D eigenvalue weighted by Crippen LogP contribution is 2.16. The number of para-hydroxylation sites is 1. The van der Waals surface area contributed by atoms with Gasteiger partial charge in [-0.3, -0.25) is 9.59 Å². The van der Waals surface area contributed by atoms with Crippen molar-refractivity contribution in [2.24, 2.45) is 0 Å². The smallest absolute Gasteiger partial charge is 0.309 e. The molecule has 3 N–H and O–H groups in total. The molecular weight excluding hydrogens is 320 g/mol. The third-order valence-corrected chi connectivity index (χ3v) is 3.65. The number of carbonyl (C=O) groups is 2. The molecule has 2 aromatic rings. The lowest BCUT2D eigenvalue weighted by molar-refractivity contribution is -0.139. The molecule has 0 saturated heterocycles. The maximum absolute atomic E-state index is 11.8. The van der Waals surface area contributed by atoms with Crippen molar-refractivity contribution >= 4 is 11.8 Å². The van der Waals surface area contributed by atoms with E-state index in [-0.39, 0.29) is 13.1 Å². The van der Waals surface area contributed by atoms with Gasteiger partial charge in [-0.05, 0) is 11.6 Å². The Hall–Kier alpha value is -2.86. The second-order valence-electron chi connectivity index (χ2n) is 5.55. The molecule has 0 unspecified atom stereocenters. The zero-order valence-corrected chi connectivity index (χ0v) is 14.1. The van der Waals surface area contributed by atoms with Crippen molar-refractivity contribution < 1.29 is 19.4 Å². The highest BCUT2D eigenvalue weighted by Gasteiger charge is 2.15. The molecule has 0 spiro atoms. The van der Waals surface area contributed by atoms with Gasteiger partial charge in [-0.1, -0.05) is 48.5 Å². The summed E-state index contributed by atoms with van der Waals surface area (Å²) in [6, 6.07) is 16.7. The van der Waals surface area contributed by atoms with Gasteiger partial charge in [0.25, 0.3) is 0 Å². The van der Waals surface area contributed by atoms with E-state index in [9.17, 15) is 14.7 Å². The predicted octanol–water partition coefficient (Wildman–Crippen LogP) is 1.03. The van der Waals surface area contributed by atoms with Crippen LogP contribution in [0.5, 0.6) is 5.75 Å². The summed E-state index contributed by atoms with van der Waals surface area (Å²) in [5.74, 6) is -0.888. The molecule has 0 aliphatic carbocycles. The van der Waals surface area contributed by atoms with Gasteiger partial charge in [0, 0.05) is 25.1 Å². The number of aliphatic hydroxyl groups excluding tert-OH is 1. The van der Waals surface area contributed by atoms with Crippen LogP contribution in [0.2, 0.25) is 0 Å². The number of amides is 2. The van der Waals surface area contributed by atoms with Crippen molar-refractivity contribution in [2.75, 3.05) is 13.7 Å². The van der Waals surface area contributed by atoms with Crippen LogP contribution in [0.25, 0.3) is 0 Å². The van der Waals surface area contributed by atoms with Crippen LogP contribution < -0.4 is 15.4 Å². The van der Waals surface area contributed by atoms with E-state index in [0.717, 1.165) is 11.1 Å². The van der Waals surface area contributed by atoms with Crippen LogP contribution in [-0.2, 0) is 22.6 Å². The molecule has 2 rings (SSSR count). The Morgan fingerprint density at radius 3 is 2.36 bits per heavy atom. The van der Waals surface area contributed by atoms with Crippen molar-refractivity contribution in [1.82, 2.24) is 10.6 Å². The van der Waals surface area contributed by atoms with Gasteiger partial charge in [0.05, 0.1) is 13.2 Å². The van der Waals surface area contributed by atoms with E-state index in [0.29, 0.717) is 12.2 Å². The molecule has 0 heterocycles. The van der Waals surface area contributed by atoms with Crippen LogP contribution >= 0.6 is 0 Å². The molecule has 0 aliphatic heterocycles. The predicted molar refractivity (Wildman–Crippen MR) is 94.0 cm³/mol. The normalized spacial score (nSPS) is 11.4. The number of nitrogens with one attached hydrogen (secondary N) is 2. The minimum Gasteiger partial charge on any atom is -0.496 e. The molecule has 2 amide bonds. The van der Waals surface area contributed by atoms with Crippen LogP contribution in [0, 0.1) is 0 Å². The van der Waals surface area contributed by atoms with Gasteiger partial charge in [-0.2, -0.15) is 0 Å². The van der Waals surface area contributed by atoms with Crippen LogP contribution in [0.1, 0.15) is 11.1 Å². The molecule has 0 fully saturated rings. The number of ether oxygens (including phenoxy) is 1.